The predicted molar refractivity (Wildman–Crippen MR) is 98.1 cm³/mol. The van der Waals surface area contributed by atoms with E-state index in [4.69, 9.17) is 6.42 Å². The molecule has 0 aromatic heterocycles. The van der Waals surface area contributed by atoms with Crippen molar-refractivity contribution >= 4 is 11.7 Å². The van der Waals surface area contributed by atoms with Crippen molar-refractivity contribution in [1.82, 2.24) is 9.80 Å². The SMILES string of the molecule is C#CCN1CCC(C(=O)N2CCC[C@@H]2CC(=O)c2ccccc2)CC1. The van der Waals surface area contributed by atoms with Crippen LogP contribution >= 0.6 is 0 Å². The zero-order valence-electron chi connectivity index (χ0n) is 14.7. The first-order chi connectivity index (χ1) is 12.2. The molecule has 4 nitrogen and oxygen atoms in total. The molecule has 1 aromatic rings. The number of terminal acetylenes is 1. The molecule has 0 bridgehead atoms. The highest BCUT2D eigenvalue weighted by molar-refractivity contribution is 5.96. The Hall–Kier alpha value is -2.12. The van der Waals surface area contributed by atoms with Crippen LogP contribution in [0.15, 0.2) is 30.3 Å². The lowest BCUT2D eigenvalue weighted by Gasteiger charge is -2.34. The number of Topliss-reactive ketones (excluding diaryl/α,β-unsaturated/α-hetero) is 1. The fourth-order valence-electron chi connectivity index (χ4n) is 4.00. The Morgan fingerprint density at radius 1 is 1.08 bits per heavy atom. The van der Waals surface area contributed by atoms with Crippen LogP contribution in [-0.2, 0) is 4.79 Å². The van der Waals surface area contributed by atoms with Crippen LogP contribution in [0.4, 0.5) is 0 Å². The molecule has 0 aliphatic carbocycles. The van der Waals surface area contributed by atoms with Gasteiger partial charge < -0.3 is 4.90 Å². The maximum Gasteiger partial charge on any atom is 0.226 e. The van der Waals surface area contributed by atoms with E-state index in [0.29, 0.717) is 13.0 Å². The molecule has 0 N–H and O–H groups in total. The normalized spacial score (nSPS) is 21.9. The smallest absolute Gasteiger partial charge is 0.226 e. The highest BCUT2D eigenvalue weighted by Crippen LogP contribution is 2.27. The molecule has 2 aliphatic rings. The van der Waals surface area contributed by atoms with E-state index in [1.807, 2.05) is 35.2 Å². The highest BCUT2D eigenvalue weighted by atomic mass is 16.2. The molecular formula is C21H26N2O2. The van der Waals surface area contributed by atoms with Gasteiger partial charge in [0, 0.05) is 30.5 Å². The zero-order valence-corrected chi connectivity index (χ0v) is 14.7. The summed E-state index contributed by atoms with van der Waals surface area (Å²) in [7, 11) is 0. The van der Waals surface area contributed by atoms with Crippen LogP contribution in [0.1, 0.15) is 42.5 Å². The van der Waals surface area contributed by atoms with Crippen LogP contribution in [0, 0.1) is 18.3 Å². The van der Waals surface area contributed by atoms with Crippen molar-refractivity contribution < 1.29 is 9.59 Å². The second kappa shape index (κ2) is 8.31. The summed E-state index contributed by atoms with van der Waals surface area (Å²) in [5.41, 5.74) is 0.740. The average molecular weight is 338 g/mol. The van der Waals surface area contributed by atoms with Crippen molar-refractivity contribution in [1.29, 1.82) is 0 Å². The minimum Gasteiger partial charge on any atom is -0.339 e. The summed E-state index contributed by atoms with van der Waals surface area (Å²) < 4.78 is 0. The number of rotatable bonds is 5. The molecule has 1 atom stereocenters. The van der Waals surface area contributed by atoms with Gasteiger partial charge in [-0.05, 0) is 38.8 Å². The van der Waals surface area contributed by atoms with Gasteiger partial charge in [-0.15, -0.1) is 6.42 Å². The first-order valence-electron chi connectivity index (χ1n) is 9.23. The number of amides is 1. The van der Waals surface area contributed by atoms with E-state index in [1.54, 1.807) is 0 Å². The van der Waals surface area contributed by atoms with Gasteiger partial charge in [0.1, 0.15) is 0 Å². The van der Waals surface area contributed by atoms with Crippen LogP contribution in [-0.4, -0.2) is 53.7 Å². The van der Waals surface area contributed by atoms with E-state index in [2.05, 4.69) is 10.8 Å². The standard InChI is InChI=1S/C21H26N2O2/c1-2-12-22-14-10-18(11-15-22)21(25)23-13-6-9-19(23)16-20(24)17-7-4-3-5-8-17/h1,3-5,7-8,18-19H,6,9-16H2/t19-/m1/s1. The number of likely N-dealkylation sites (tertiary alicyclic amines) is 2. The topological polar surface area (TPSA) is 40.6 Å². The van der Waals surface area contributed by atoms with Crippen molar-refractivity contribution in [2.45, 2.75) is 38.1 Å². The number of nitrogens with zero attached hydrogens (tertiary/aromatic N) is 2. The van der Waals surface area contributed by atoms with Crippen molar-refractivity contribution in [2.24, 2.45) is 5.92 Å². The molecule has 1 aromatic carbocycles. The van der Waals surface area contributed by atoms with Crippen molar-refractivity contribution in [3.63, 3.8) is 0 Å². The van der Waals surface area contributed by atoms with E-state index >= 15 is 0 Å². The van der Waals surface area contributed by atoms with Crippen LogP contribution < -0.4 is 0 Å². The first kappa shape index (κ1) is 17.7. The fourth-order valence-corrected chi connectivity index (χ4v) is 4.00. The van der Waals surface area contributed by atoms with E-state index < -0.39 is 0 Å². The maximum atomic E-state index is 12.9. The number of carbonyl (C=O) groups excluding carboxylic acids is 2. The van der Waals surface area contributed by atoms with Gasteiger partial charge in [-0.3, -0.25) is 14.5 Å². The monoisotopic (exact) mass is 338 g/mol. The van der Waals surface area contributed by atoms with Crippen LogP contribution in [0.2, 0.25) is 0 Å². The highest BCUT2D eigenvalue weighted by Gasteiger charge is 2.35. The Bertz CT molecular complexity index is 642. The number of piperidine rings is 1. The van der Waals surface area contributed by atoms with Gasteiger partial charge in [0.2, 0.25) is 5.91 Å². The Kier molecular flexibility index (Phi) is 5.88. The molecule has 132 valence electrons. The molecule has 0 unspecified atom stereocenters. The molecule has 0 saturated carbocycles. The molecule has 2 saturated heterocycles. The summed E-state index contributed by atoms with van der Waals surface area (Å²) in [6.07, 6.45) is 9.47. The number of carbonyl (C=O) groups is 2. The summed E-state index contributed by atoms with van der Waals surface area (Å²) in [5, 5.41) is 0. The van der Waals surface area contributed by atoms with E-state index in [0.717, 1.165) is 50.9 Å². The van der Waals surface area contributed by atoms with Gasteiger partial charge >= 0.3 is 0 Å². The lowest BCUT2D eigenvalue weighted by molar-refractivity contribution is -0.137. The molecule has 2 fully saturated rings. The number of ketones is 1. The Morgan fingerprint density at radius 3 is 2.48 bits per heavy atom. The quantitative estimate of drug-likeness (QED) is 0.612. The Labute approximate surface area is 150 Å². The minimum absolute atomic E-state index is 0.0592. The van der Waals surface area contributed by atoms with Crippen LogP contribution in [0.25, 0.3) is 0 Å². The number of hydrogen-bond acceptors (Lipinski definition) is 3. The van der Waals surface area contributed by atoms with Gasteiger partial charge in [-0.25, -0.2) is 0 Å². The van der Waals surface area contributed by atoms with Crippen LogP contribution in [0.5, 0.6) is 0 Å². The zero-order chi connectivity index (χ0) is 17.6. The maximum absolute atomic E-state index is 12.9. The van der Waals surface area contributed by atoms with Crippen molar-refractivity contribution in [2.75, 3.05) is 26.2 Å². The van der Waals surface area contributed by atoms with Gasteiger partial charge in [0.15, 0.2) is 5.78 Å². The molecule has 2 heterocycles. The first-order valence-corrected chi connectivity index (χ1v) is 9.23. The van der Waals surface area contributed by atoms with Gasteiger partial charge in [-0.2, -0.15) is 0 Å². The average Bonchev–Trinajstić information content (AvgIpc) is 3.11. The number of benzene rings is 1. The molecule has 0 radical (unpaired) electrons. The third kappa shape index (κ3) is 4.29. The fraction of sp³-hybridized carbons (Fsp3) is 0.524. The van der Waals surface area contributed by atoms with E-state index in [9.17, 15) is 9.59 Å². The summed E-state index contributed by atoms with van der Waals surface area (Å²) in [4.78, 5) is 29.6. The van der Waals surface area contributed by atoms with Gasteiger partial charge in [0.25, 0.3) is 0 Å². The third-order valence-electron chi connectivity index (χ3n) is 5.43. The predicted octanol–water partition coefficient (Wildman–Crippen LogP) is 2.60. The lowest BCUT2D eigenvalue weighted by atomic mass is 9.94. The second-order valence-electron chi connectivity index (χ2n) is 7.08. The van der Waals surface area contributed by atoms with Gasteiger partial charge in [0.05, 0.1) is 6.54 Å². The molecular weight excluding hydrogens is 312 g/mol. The third-order valence-corrected chi connectivity index (χ3v) is 5.43. The summed E-state index contributed by atoms with van der Waals surface area (Å²) in [6, 6.07) is 9.44. The summed E-state index contributed by atoms with van der Waals surface area (Å²) >= 11 is 0. The van der Waals surface area contributed by atoms with Crippen LogP contribution in [0.3, 0.4) is 0 Å². The van der Waals surface area contributed by atoms with Gasteiger partial charge in [-0.1, -0.05) is 36.3 Å². The Morgan fingerprint density at radius 2 is 1.80 bits per heavy atom. The summed E-state index contributed by atoms with van der Waals surface area (Å²) in [5.74, 6) is 3.13. The molecule has 4 heteroatoms. The lowest BCUT2D eigenvalue weighted by Crippen LogP contribution is -2.44. The molecule has 0 spiro atoms. The molecule has 2 aliphatic heterocycles. The number of hydrogen-bond donors (Lipinski definition) is 0. The van der Waals surface area contributed by atoms with Crippen molar-refractivity contribution in [3.8, 4) is 12.3 Å². The van der Waals surface area contributed by atoms with E-state index in [1.165, 1.54) is 0 Å². The Balaban J connectivity index is 1.57. The van der Waals surface area contributed by atoms with Crippen molar-refractivity contribution in [3.05, 3.63) is 35.9 Å². The summed E-state index contributed by atoms with van der Waals surface area (Å²) in [6.45, 7) is 3.24. The molecule has 25 heavy (non-hydrogen) atoms. The van der Waals surface area contributed by atoms with E-state index in [-0.39, 0.29) is 23.7 Å². The molecule has 1 amide bonds. The molecule has 3 rings (SSSR count). The minimum atomic E-state index is 0.0592. The second-order valence-corrected chi connectivity index (χ2v) is 7.08. The largest absolute Gasteiger partial charge is 0.339 e.